The Hall–Kier alpha value is -2.20. The quantitative estimate of drug-likeness (QED) is 0.261. The molecule has 0 radical (unpaired) electrons. The van der Waals surface area contributed by atoms with Gasteiger partial charge in [-0.2, -0.15) is 8.78 Å². The number of carbonyl (C=O) groups is 3. The summed E-state index contributed by atoms with van der Waals surface area (Å²) in [6, 6.07) is 5.07. The summed E-state index contributed by atoms with van der Waals surface area (Å²) in [6.07, 6.45) is -2.60. The number of ketones is 2. The highest BCUT2D eigenvalue weighted by molar-refractivity contribution is 7.86. The molecule has 0 aromatic heterocycles. The number of hydrogen-bond acceptors (Lipinski definition) is 7. The molecule has 10 heteroatoms. The summed E-state index contributed by atoms with van der Waals surface area (Å²) >= 11 is 0. The predicted molar refractivity (Wildman–Crippen MR) is 94.0 cm³/mol. The molecule has 0 spiro atoms. The third kappa shape index (κ3) is 5.20. The van der Waals surface area contributed by atoms with Gasteiger partial charge in [0, 0.05) is 11.0 Å². The van der Waals surface area contributed by atoms with Crippen LogP contribution in [0.3, 0.4) is 0 Å². The lowest BCUT2D eigenvalue weighted by atomic mass is 9.82. The zero-order chi connectivity index (χ0) is 21.9. The summed E-state index contributed by atoms with van der Waals surface area (Å²) in [4.78, 5) is 36.9. The van der Waals surface area contributed by atoms with E-state index in [0.717, 1.165) is 6.07 Å². The fraction of sp³-hybridized carbons (Fsp3) is 0.500. The lowest BCUT2D eigenvalue weighted by Gasteiger charge is -2.26. The fourth-order valence-electron chi connectivity index (χ4n) is 2.08. The third-order valence-electron chi connectivity index (χ3n) is 4.50. The minimum atomic E-state index is -6.06. The average Bonchev–Trinajstić information content (AvgIpc) is 2.60. The van der Waals surface area contributed by atoms with Gasteiger partial charge < -0.3 is 9.29 Å². The molecule has 1 aromatic carbocycles. The molecule has 0 heterocycles. The van der Waals surface area contributed by atoms with Crippen LogP contribution in [0.1, 0.15) is 61.3 Å². The van der Waals surface area contributed by atoms with Gasteiger partial charge in [-0.1, -0.05) is 39.0 Å². The van der Waals surface area contributed by atoms with Gasteiger partial charge in [0.05, 0.1) is 12.0 Å². The van der Waals surface area contributed by atoms with E-state index in [4.69, 9.17) is 0 Å². The van der Waals surface area contributed by atoms with E-state index >= 15 is 0 Å². The van der Waals surface area contributed by atoms with Crippen LogP contribution in [0.15, 0.2) is 24.3 Å². The topological polar surface area (TPSA) is 118 Å². The van der Waals surface area contributed by atoms with Gasteiger partial charge in [0.2, 0.25) is 0 Å². The zero-order valence-corrected chi connectivity index (χ0v) is 16.6. The molecule has 28 heavy (non-hydrogen) atoms. The van der Waals surface area contributed by atoms with E-state index < -0.39 is 50.6 Å². The largest absolute Gasteiger partial charge is 0.743 e. The average molecular weight is 419 g/mol. The van der Waals surface area contributed by atoms with Gasteiger partial charge in [-0.25, -0.2) is 13.2 Å². The molecular weight excluding hydrogens is 398 g/mol. The summed E-state index contributed by atoms with van der Waals surface area (Å²) < 4.78 is 63.4. The molecule has 1 atom stereocenters. The molecule has 0 N–H and O–H groups in total. The molecule has 156 valence electrons. The number of rotatable bonds is 9. The SMILES string of the molecule is CCC(C)(C)C(=O)CC(=O)c1ccccc1C(=O)OC(C)C(F)(F)S(=O)(=O)[O-]. The van der Waals surface area contributed by atoms with Crippen molar-refractivity contribution >= 4 is 27.7 Å². The Morgan fingerprint density at radius 2 is 1.64 bits per heavy atom. The van der Waals surface area contributed by atoms with Gasteiger partial charge in [-0.05, 0) is 19.4 Å². The van der Waals surface area contributed by atoms with Crippen LogP contribution in [0.25, 0.3) is 0 Å². The highest BCUT2D eigenvalue weighted by Gasteiger charge is 2.46. The Labute approximate surface area is 161 Å². The molecule has 0 aliphatic heterocycles. The Balaban J connectivity index is 3.10. The molecule has 1 unspecified atom stereocenters. The Bertz CT molecular complexity index is 876. The van der Waals surface area contributed by atoms with Crippen molar-refractivity contribution in [2.24, 2.45) is 5.41 Å². The number of benzene rings is 1. The molecular formula is C18H21F2O7S-. The van der Waals surface area contributed by atoms with Crippen LogP contribution >= 0.6 is 0 Å². The minimum Gasteiger partial charge on any atom is -0.743 e. The van der Waals surface area contributed by atoms with Gasteiger partial charge in [0.1, 0.15) is 5.78 Å². The number of alkyl halides is 2. The van der Waals surface area contributed by atoms with Crippen LogP contribution in [0.4, 0.5) is 8.78 Å². The monoisotopic (exact) mass is 419 g/mol. The van der Waals surface area contributed by atoms with Crippen molar-refractivity contribution in [3.8, 4) is 0 Å². The van der Waals surface area contributed by atoms with Crippen LogP contribution < -0.4 is 0 Å². The number of Topliss-reactive ketones (excluding diaryl/α,β-unsaturated/α-hetero) is 2. The second-order valence-corrected chi connectivity index (χ2v) is 8.32. The summed E-state index contributed by atoms with van der Waals surface area (Å²) in [6.45, 7) is 5.65. The third-order valence-corrected chi connectivity index (χ3v) is 5.50. The maximum Gasteiger partial charge on any atom is 0.370 e. The smallest absolute Gasteiger partial charge is 0.370 e. The maximum absolute atomic E-state index is 13.5. The Morgan fingerprint density at radius 1 is 1.14 bits per heavy atom. The highest BCUT2D eigenvalue weighted by atomic mass is 32.2. The van der Waals surface area contributed by atoms with Crippen molar-refractivity contribution in [3.05, 3.63) is 35.4 Å². The van der Waals surface area contributed by atoms with Crippen molar-refractivity contribution < 1.29 is 40.9 Å². The molecule has 0 aliphatic carbocycles. The van der Waals surface area contributed by atoms with E-state index in [1.165, 1.54) is 18.2 Å². The second-order valence-electron chi connectivity index (χ2n) is 6.87. The number of ether oxygens (including phenoxy) is 1. The van der Waals surface area contributed by atoms with Crippen molar-refractivity contribution in [1.82, 2.24) is 0 Å². The molecule has 7 nitrogen and oxygen atoms in total. The Morgan fingerprint density at radius 3 is 2.11 bits per heavy atom. The second kappa shape index (κ2) is 8.44. The van der Waals surface area contributed by atoms with E-state index in [9.17, 15) is 36.1 Å². The minimum absolute atomic E-state index is 0.228. The lowest BCUT2D eigenvalue weighted by molar-refractivity contribution is -0.126. The summed E-state index contributed by atoms with van der Waals surface area (Å²) in [5, 5.41) is -4.84. The van der Waals surface area contributed by atoms with Crippen molar-refractivity contribution in [1.29, 1.82) is 0 Å². The van der Waals surface area contributed by atoms with Crippen molar-refractivity contribution in [2.75, 3.05) is 0 Å². The van der Waals surface area contributed by atoms with E-state index in [1.54, 1.807) is 20.8 Å². The van der Waals surface area contributed by atoms with Crippen LogP contribution in [0.2, 0.25) is 0 Å². The van der Waals surface area contributed by atoms with Crippen LogP contribution in [-0.4, -0.2) is 41.9 Å². The standard InChI is InChI=1S/C18H22F2O7S/c1-5-17(3,4)15(22)10-14(21)12-8-6-7-9-13(12)16(23)27-11(2)18(19,20)28(24,25)26/h6-9,11H,5,10H2,1-4H3,(H,24,25,26)/p-1. The summed E-state index contributed by atoms with van der Waals surface area (Å²) in [5.41, 5.74) is -1.40. The predicted octanol–water partition coefficient (Wildman–Crippen LogP) is 2.95. The molecule has 0 amide bonds. The van der Waals surface area contributed by atoms with E-state index in [1.807, 2.05) is 0 Å². The van der Waals surface area contributed by atoms with Crippen molar-refractivity contribution in [2.45, 2.75) is 51.9 Å². The Kier molecular flexibility index (Phi) is 7.18. The number of esters is 1. The first-order chi connectivity index (χ1) is 12.6. The molecule has 1 rings (SSSR count). The van der Waals surface area contributed by atoms with Crippen molar-refractivity contribution in [3.63, 3.8) is 0 Å². The van der Waals surface area contributed by atoms with Gasteiger partial charge in [-0.15, -0.1) is 0 Å². The van der Waals surface area contributed by atoms with E-state index in [2.05, 4.69) is 4.74 Å². The lowest BCUT2D eigenvalue weighted by Crippen LogP contribution is -2.42. The number of carbonyl (C=O) groups excluding carboxylic acids is 3. The van der Waals surface area contributed by atoms with E-state index in [0.29, 0.717) is 13.3 Å². The van der Waals surface area contributed by atoms with Gasteiger partial charge in [0.25, 0.3) is 0 Å². The first-order valence-corrected chi connectivity index (χ1v) is 9.75. The zero-order valence-electron chi connectivity index (χ0n) is 15.8. The maximum atomic E-state index is 13.5. The van der Waals surface area contributed by atoms with Gasteiger partial charge in [-0.3, -0.25) is 9.59 Å². The molecule has 0 fully saturated rings. The molecule has 0 bridgehead atoms. The summed E-state index contributed by atoms with van der Waals surface area (Å²) in [7, 11) is -6.06. The normalized spacial score (nSPS) is 13.7. The first-order valence-electron chi connectivity index (χ1n) is 8.35. The molecule has 0 saturated heterocycles. The molecule has 1 aromatic rings. The number of hydrogen-bond donors (Lipinski definition) is 0. The molecule has 0 aliphatic rings. The van der Waals surface area contributed by atoms with Crippen LogP contribution in [0, 0.1) is 5.41 Å². The van der Waals surface area contributed by atoms with Crippen LogP contribution in [-0.2, 0) is 19.6 Å². The fourth-order valence-corrected chi connectivity index (χ4v) is 2.53. The van der Waals surface area contributed by atoms with Gasteiger partial charge in [0.15, 0.2) is 22.0 Å². The first kappa shape index (κ1) is 23.8. The highest BCUT2D eigenvalue weighted by Crippen LogP contribution is 2.28. The van der Waals surface area contributed by atoms with E-state index in [-0.39, 0.29) is 11.3 Å². The van der Waals surface area contributed by atoms with Crippen LogP contribution in [0.5, 0.6) is 0 Å². The summed E-state index contributed by atoms with van der Waals surface area (Å²) in [5.74, 6) is -2.49. The number of halogens is 2. The molecule has 0 saturated carbocycles. The van der Waals surface area contributed by atoms with Gasteiger partial charge >= 0.3 is 11.2 Å².